The minimum absolute atomic E-state index is 0.146. The first-order valence-electron chi connectivity index (χ1n) is 6.82. The number of amides is 1. The van der Waals surface area contributed by atoms with Crippen molar-refractivity contribution in [3.05, 3.63) is 22.2 Å². The fourth-order valence-electron chi connectivity index (χ4n) is 2.07. The maximum atomic E-state index is 11.8. The summed E-state index contributed by atoms with van der Waals surface area (Å²) in [7, 11) is 0. The van der Waals surface area contributed by atoms with E-state index in [4.69, 9.17) is 23.2 Å². The number of nitrogens with one attached hydrogen (secondary N) is 1. The number of likely N-dealkylation sites (N-methyl/N-ethyl adjacent to an activating group) is 1. The Morgan fingerprint density at radius 1 is 1.32 bits per heavy atom. The number of nitrogens with zero attached hydrogens (tertiary/aromatic N) is 3. The lowest BCUT2D eigenvalue weighted by atomic mass is 10.2. The fourth-order valence-corrected chi connectivity index (χ4v) is 2.61. The average molecular weight is 343 g/mol. The molecule has 0 saturated carbocycles. The first-order valence-corrected chi connectivity index (χ1v) is 7.58. The summed E-state index contributed by atoms with van der Waals surface area (Å²) >= 11 is 12.0. The van der Waals surface area contributed by atoms with Gasteiger partial charge in [-0.3, -0.25) is 9.69 Å². The zero-order chi connectivity index (χ0) is 16.3. The van der Waals surface area contributed by atoms with Gasteiger partial charge in [0, 0.05) is 10.4 Å². The highest BCUT2D eigenvalue weighted by Gasteiger charge is 2.15. The van der Waals surface area contributed by atoms with Gasteiger partial charge in [-0.1, -0.05) is 37.0 Å². The summed E-state index contributed by atoms with van der Waals surface area (Å²) in [5.74, 6) is -0.593. The van der Waals surface area contributed by atoms with Crippen LogP contribution in [-0.4, -0.2) is 40.5 Å². The Labute approximate surface area is 137 Å². The lowest BCUT2D eigenvalue weighted by Gasteiger charge is -2.14. The third-order valence-electron chi connectivity index (χ3n) is 3.29. The summed E-state index contributed by atoms with van der Waals surface area (Å²) in [4.78, 5) is 16.4. The van der Waals surface area contributed by atoms with Crippen molar-refractivity contribution in [2.45, 2.75) is 13.8 Å². The molecule has 22 heavy (non-hydrogen) atoms. The molecule has 118 valence electrons. The second-order valence-electron chi connectivity index (χ2n) is 4.69. The molecule has 1 amide bonds. The number of carbonyl (C=O) groups is 1. The molecule has 0 aliphatic heterocycles. The second kappa shape index (κ2) is 7.09. The van der Waals surface area contributed by atoms with Gasteiger partial charge in [-0.15, -0.1) is 10.2 Å². The van der Waals surface area contributed by atoms with Gasteiger partial charge in [0.2, 0.25) is 5.88 Å². The number of aromatic nitrogens is 1. The minimum Gasteiger partial charge on any atom is -0.493 e. The van der Waals surface area contributed by atoms with Crippen LogP contribution in [0.4, 0.5) is 5.69 Å². The molecular formula is C14H16Cl2N4O2. The first kappa shape index (κ1) is 16.7. The normalized spacial score (nSPS) is 11.9. The standard InChI is InChI=1S/C14H16Cl2N4O2/c1-3-20(4-2)7-11(21)18-19-13-9-5-8(15)6-10(16)12(9)17-14(13)22/h5-6,17,22H,3-4,7H2,1-2H3. The third-order valence-corrected chi connectivity index (χ3v) is 3.81. The van der Waals surface area contributed by atoms with Crippen LogP contribution in [0.15, 0.2) is 22.4 Å². The van der Waals surface area contributed by atoms with Crippen molar-refractivity contribution < 1.29 is 9.90 Å². The summed E-state index contributed by atoms with van der Waals surface area (Å²) in [6.45, 7) is 5.61. The van der Waals surface area contributed by atoms with Crippen LogP contribution < -0.4 is 0 Å². The van der Waals surface area contributed by atoms with Crippen LogP contribution in [0.25, 0.3) is 10.9 Å². The Morgan fingerprint density at radius 2 is 2.00 bits per heavy atom. The minimum atomic E-state index is -0.384. The monoisotopic (exact) mass is 342 g/mol. The maximum absolute atomic E-state index is 11.8. The molecule has 1 aromatic carbocycles. The number of hydrogen-bond acceptors (Lipinski definition) is 4. The van der Waals surface area contributed by atoms with E-state index in [1.54, 1.807) is 12.1 Å². The van der Waals surface area contributed by atoms with E-state index in [2.05, 4.69) is 15.2 Å². The Morgan fingerprint density at radius 3 is 2.64 bits per heavy atom. The smallest absolute Gasteiger partial charge is 0.278 e. The highest BCUT2D eigenvalue weighted by Crippen LogP contribution is 2.40. The van der Waals surface area contributed by atoms with Gasteiger partial charge < -0.3 is 10.1 Å². The molecular weight excluding hydrogens is 327 g/mol. The Kier molecular flexibility index (Phi) is 5.39. The molecule has 0 atom stereocenters. The zero-order valence-corrected chi connectivity index (χ0v) is 13.7. The van der Waals surface area contributed by atoms with Gasteiger partial charge in [0.05, 0.1) is 17.1 Å². The quantitative estimate of drug-likeness (QED) is 0.801. The highest BCUT2D eigenvalue weighted by atomic mass is 35.5. The van der Waals surface area contributed by atoms with Gasteiger partial charge in [-0.25, -0.2) is 0 Å². The molecule has 0 spiro atoms. The SMILES string of the molecule is CCN(CC)CC(=O)N=Nc1c(O)[nH]c2c(Cl)cc(Cl)cc12. The molecule has 6 nitrogen and oxygen atoms in total. The van der Waals surface area contributed by atoms with Gasteiger partial charge >= 0.3 is 0 Å². The number of halogens is 2. The lowest BCUT2D eigenvalue weighted by Crippen LogP contribution is -2.28. The Bertz CT molecular complexity index is 723. The molecule has 1 aromatic heterocycles. The number of benzene rings is 1. The van der Waals surface area contributed by atoms with Crippen LogP contribution in [0.5, 0.6) is 5.88 Å². The third kappa shape index (κ3) is 3.58. The van der Waals surface area contributed by atoms with Gasteiger partial charge in [0.15, 0.2) is 5.69 Å². The van der Waals surface area contributed by atoms with E-state index in [1.807, 2.05) is 18.7 Å². The van der Waals surface area contributed by atoms with Gasteiger partial charge in [0.25, 0.3) is 5.91 Å². The molecule has 0 bridgehead atoms. The van der Waals surface area contributed by atoms with E-state index >= 15 is 0 Å². The van der Waals surface area contributed by atoms with Crippen molar-refractivity contribution in [3.63, 3.8) is 0 Å². The first-order chi connectivity index (χ1) is 10.5. The number of azo groups is 1. The summed E-state index contributed by atoms with van der Waals surface area (Å²) in [6, 6.07) is 3.15. The number of carbonyl (C=O) groups excluding carboxylic acids is 1. The Balaban J connectivity index is 2.30. The van der Waals surface area contributed by atoms with Crippen molar-refractivity contribution in [2.24, 2.45) is 10.2 Å². The molecule has 0 aliphatic carbocycles. The summed E-state index contributed by atoms with van der Waals surface area (Å²) in [5.41, 5.74) is 0.640. The molecule has 0 radical (unpaired) electrons. The summed E-state index contributed by atoms with van der Waals surface area (Å²) < 4.78 is 0. The number of aromatic amines is 1. The van der Waals surface area contributed by atoms with E-state index in [1.165, 1.54) is 0 Å². The number of rotatable bonds is 5. The fraction of sp³-hybridized carbons (Fsp3) is 0.357. The summed E-state index contributed by atoms with van der Waals surface area (Å²) in [6.07, 6.45) is 0. The predicted molar refractivity (Wildman–Crippen MR) is 87.3 cm³/mol. The average Bonchev–Trinajstić information content (AvgIpc) is 2.79. The molecule has 0 unspecified atom stereocenters. The Hall–Kier alpha value is -1.63. The number of H-pyrrole nitrogens is 1. The van der Waals surface area contributed by atoms with Gasteiger partial charge in [0.1, 0.15) is 0 Å². The molecule has 8 heteroatoms. The van der Waals surface area contributed by atoms with E-state index < -0.39 is 0 Å². The molecule has 0 aliphatic rings. The number of hydrogen-bond donors (Lipinski definition) is 2. The van der Waals surface area contributed by atoms with Crippen LogP contribution in [0.3, 0.4) is 0 Å². The van der Waals surface area contributed by atoms with Crippen molar-refractivity contribution in [1.29, 1.82) is 0 Å². The maximum Gasteiger partial charge on any atom is 0.278 e. The van der Waals surface area contributed by atoms with Crippen molar-refractivity contribution in [1.82, 2.24) is 9.88 Å². The molecule has 0 saturated heterocycles. The van der Waals surface area contributed by atoms with Crippen LogP contribution in [0.1, 0.15) is 13.8 Å². The molecule has 1 heterocycles. The van der Waals surface area contributed by atoms with Crippen LogP contribution in [-0.2, 0) is 4.79 Å². The lowest BCUT2D eigenvalue weighted by molar-refractivity contribution is -0.119. The number of fused-ring (bicyclic) bond motifs is 1. The van der Waals surface area contributed by atoms with E-state index in [9.17, 15) is 9.90 Å². The van der Waals surface area contributed by atoms with Crippen molar-refractivity contribution in [3.8, 4) is 5.88 Å². The van der Waals surface area contributed by atoms with E-state index in [-0.39, 0.29) is 24.0 Å². The summed E-state index contributed by atoms with van der Waals surface area (Å²) in [5, 5.41) is 18.7. The van der Waals surface area contributed by atoms with E-state index in [0.717, 1.165) is 13.1 Å². The van der Waals surface area contributed by atoms with Crippen molar-refractivity contribution in [2.75, 3.05) is 19.6 Å². The van der Waals surface area contributed by atoms with Crippen LogP contribution in [0, 0.1) is 0 Å². The van der Waals surface area contributed by atoms with Gasteiger partial charge in [-0.05, 0) is 25.2 Å². The van der Waals surface area contributed by atoms with Crippen LogP contribution in [0.2, 0.25) is 10.0 Å². The molecule has 2 N–H and O–H groups in total. The predicted octanol–water partition coefficient (Wildman–Crippen LogP) is 4.13. The topological polar surface area (TPSA) is 81.1 Å². The number of aromatic hydroxyl groups is 1. The second-order valence-corrected chi connectivity index (χ2v) is 5.53. The molecule has 2 rings (SSSR count). The molecule has 0 fully saturated rings. The van der Waals surface area contributed by atoms with Gasteiger partial charge in [-0.2, -0.15) is 0 Å². The van der Waals surface area contributed by atoms with Crippen molar-refractivity contribution >= 4 is 45.7 Å². The van der Waals surface area contributed by atoms with E-state index in [0.29, 0.717) is 20.9 Å². The largest absolute Gasteiger partial charge is 0.493 e. The van der Waals surface area contributed by atoms with Crippen LogP contribution >= 0.6 is 23.2 Å². The molecule has 2 aromatic rings. The highest BCUT2D eigenvalue weighted by molar-refractivity contribution is 6.38. The zero-order valence-electron chi connectivity index (χ0n) is 12.2.